The van der Waals surface area contributed by atoms with Crippen molar-refractivity contribution in [2.45, 2.75) is 12.8 Å². The molecule has 112 valence electrons. The Morgan fingerprint density at radius 2 is 1.95 bits per heavy atom. The maximum Gasteiger partial charge on any atom is 0.335 e. The molecule has 5 heteroatoms. The van der Waals surface area contributed by atoms with Crippen molar-refractivity contribution in [2.75, 3.05) is 12.5 Å². The van der Waals surface area contributed by atoms with Gasteiger partial charge in [0.15, 0.2) is 0 Å². The number of nitrogens with zero attached hydrogens (tertiary/aromatic N) is 1. The number of carboxylic acids is 1. The first kappa shape index (κ1) is 14.1. The summed E-state index contributed by atoms with van der Waals surface area (Å²) in [6, 6.07) is 12.5. The number of benzene rings is 2. The first-order valence-corrected chi connectivity index (χ1v) is 7.00. The summed E-state index contributed by atoms with van der Waals surface area (Å²) < 4.78 is 5.26. The summed E-state index contributed by atoms with van der Waals surface area (Å²) in [6.07, 6.45) is 1.85. The van der Waals surface area contributed by atoms with Crippen molar-refractivity contribution in [3.63, 3.8) is 0 Å². The first-order chi connectivity index (χ1) is 10.7. The van der Waals surface area contributed by atoms with Crippen LogP contribution in [0.15, 0.2) is 47.6 Å². The second-order valence-corrected chi connectivity index (χ2v) is 5.08. The Morgan fingerprint density at radius 1 is 1.18 bits per heavy atom. The molecule has 0 radical (unpaired) electrons. The van der Waals surface area contributed by atoms with E-state index in [-0.39, 0.29) is 5.56 Å². The highest BCUT2D eigenvalue weighted by atomic mass is 16.5. The number of aryl methyl sites for hydroxylation is 1. The van der Waals surface area contributed by atoms with Crippen LogP contribution in [0, 0.1) is 0 Å². The lowest BCUT2D eigenvalue weighted by atomic mass is 10.1. The SMILES string of the molecule is COc1ccc2c(c1)/C(=N/Nc1ccc(C(=O)O)cc1)CC2. The van der Waals surface area contributed by atoms with Crippen LogP contribution in [0.3, 0.4) is 0 Å². The predicted octanol–water partition coefficient (Wildman–Crippen LogP) is 3.16. The van der Waals surface area contributed by atoms with Crippen LogP contribution >= 0.6 is 0 Å². The Morgan fingerprint density at radius 3 is 2.64 bits per heavy atom. The molecule has 2 aromatic carbocycles. The van der Waals surface area contributed by atoms with Gasteiger partial charge in [-0.1, -0.05) is 6.07 Å². The number of carboxylic acid groups (broad SMARTS) is 1. The van der Waals surface area contributed by atoms with Crippen molar-refractivity contribution in [1.29, 1.82) is 0 Å². The van der Waals surface area contributed by atoms with Gasteiger partial charge in [-0.25, -0.2) is 4.79 Å². The van der Waals surface area contributed by atoms with E-state index in [1.54, 1.807) is 31.4 Å². The van der Waals surface area contributed by atoms with E-state index in [9.17, 15) is 4.79 Å². The Hall–Kier alpha value is -2.82. The zero-order chi connectivity index (χ0) is 15.5. The zero-order valence-electron chi connectivity index (χ0n) is 12.2. The number of methoxy groups -OCH3 is 1. The van der Waals surface area contributed by atoms with Crippen molar-refractivity contribution < 1.29 is 14.6 Å². The molecule has 0 saturated carbocycles. The maximum absolute atomic E-state index is 10.8. The maximum atomic E-state index is 10.8. The Labute approximate surface area is 128 Å². The predicted molar refractivity (Wildman–Crippen MR) is 84.9 cm³/mol. The lowest BCUT2D eigenvalue weighted by Gasteiger charge is -2.06. The molecule has 0 amide bonds. The molecule has 2 aromatic rings. The smallest absolute Gasteiger partial charge is 0.335 e. The average Bonchev–Trinajstić information content (AvgIpc) is 2.95. The average molecular weight is 296 g/mol. The van der Waals surface area contributed by atoms with Gasteiger partial charge in [0.25, 0.3) is 0 Å². The van der Waals surface area contributed by atoms with Gasteiger partial charge in [-0.15, -0.1) is 0 Å². The highest BCUT2D eigenvalue weighted by Crippen LogP contribution is 2.26. The van der Waals surface area contributed by atoms with Crippen LogP contribution in [0.5, 0.6) is 5.75 Å². The van der Waals surface area contributed by atoms with E-state index in [1.807, 2.05) is 12.1 Å². The third kappa shape index (κ3) is 2.79. The highest BCUT2D eigenvalue weighted by Gasteiger charge is 2.18. The van der Waals surface area contributed by atoms with Gasteiger partial charge in [0.1, 0.15) is 5.75 Å². The van der Waals surface area contributed by atoms with Crippen molar-refractivity contribution in [2.24, 2.45) is 5.10 Å². The Balaban J connectivity index is 1.79. The molecule has 22 heavy (non-hydrogen) atoms. The van der Waals surface area contributed by atoms with Crippen molar-refractivity contribution in [3.8, 4) is 5.75 Å². The molecule has 1 aliphatic carbocycles. The summed E-state index contributed by atoms with van der Waals surface area (Å²) in [5.74, 6) is -0.117. The van der Waals surface area contributed by atoms with E-state index in [1.165, 1.54) is 5.56 Å². The number of hydrazone groups is 1. The number of anilines is 1. The van der Waals surface area contributed by atoms with E-state index >= 15 is 0 Å². The second kappa shape index (κ2) is 5.89. The van der Waals surface area contributed by atoms with E-state index in [0.717, 1.165) is 35.6 Å². The molecule has 1 aliphatic rings. The molecule has 0 saturated heterocycles. The van der Waals surface area contributed by atoms with Gasteiger partial charge in [-0.05, 0) is 54.8 Å². The number of hydrogen-bond acceptors (Lipinski definition) is 4. The summed E-state index contributed by atoms with van der Waals surface area (Å²) >= 11 is 0. The molecule has 0 spiro atoms. The van der Waals surface area contributed by atoms with Crippen LogP contribution in [0.25, 0.3) is 0 Å². The van der Waals surface area contributed by atoms with Gasteiger partial charge in [-0.3, -0.25) is 5.43 Å². The first-order valence-electron chi connectivity index (χ1n) is 7.00. The number of ether oxygens (including phenoxy) is 1. The zero-order valence-corrected chi connectivity index (χ0v) is 12.2. The summed E-state index contributed by atoms with van der Waals surface area (Å²) in [4.78, 5) is 10.8. The molecular formula is C17H16N2O3. The van der Waals surface area contributed by atoms with E-state index in [0.29, 0.717) is 0 Å². The van der Waals surface area contributed by atoms with Crippen LogP contribution in [-0.2, 0) is 6.42 Å². The number of rotatable bonds is 4. The minimum atomic E-state index is -0.935. The largest absolute Gasteiger partial charge is 0.497 e. The van der Waals surface area contributed by atoms with Gasteiger partial charge in [0.05, 0.1) is 24.1 Å². The topological polar surface area (TPSA) is 70.9 Å². The lowest BCUT2D eigenvalue weighted by molar-refractivity contribution is 0.0697. The molecule has 0 fully saturated rings. The molecule has 0 bridgehead atoms. The molecule has 0 atom stereocenters. The highest BCUT2D eigenvalue weighted by molar-refractivity contribution is 6.05. The number of fused-ring (bicyclic) bond motifs is 1. The van der Waals surface area contributed by atoms with Gasteiger partial charge in [0, 0.05) is 5.56 Å². The van der Waals surface area contributed by atoms with Crippen LogP contribution in [0.4, 0.5) is 5.69 Å². The molecule has 0 aliphatic heterocycles. The van der Waals surface area contributed by atoms with Gasteiger partial charge < -0.3 is 9.84 Å². The molecule has 3 rings (SSSR count). The molecular weight excluding hydrogens is 280 g/mol. The Bertz CT molecular complexity index is 736. The number of nitrogens with one attached hydrogen (secondary N) is 1. The second-order valence-electron chi connectivity index (χ2n) is 5.08. The third-order valence-corrected chi connectivity index (χ3v) is 3.71. The molecule has 5 nitrogen and oxygen atoms in total. The minimum Gasteiger partial charge on any atom is -0.497 e. The van der Waals surface area contributed by atoms with Crippen LogP contribution < -0.4 is 10.2 Å². The monoisotopic (exact) mass is 296 g/mol. The summed E-state index contributed by atoms with van der Waals surface area (Å²) in [6.45, 7) is 0. The van der Waals surface area contributed by atoms with Gasteiger partial charge >= 0.3 is 5.97 Å². The number of hydrogen-bond donors (Lipinski definition) is 2. The molecule has 0 aromatic heterocycles. The van der Waals surface area contributed by atoms with E-state index in [4.69, 9.17) is 9.84 Å². The van der Waals surface area contributed by atoms with Crippen molar-refractivity contribution in [3.05, 3.63) is 59.2 Å². The standard InChI is InChI=1S/C17H16N2O3/c1-22-14-8-4-11-5-9-16(15(11)10-14)19-18-13-6-2-12(3-7-13)17(20)21/h2-4,6-8,10,18H,5,9H2,1H3,(H,20,21)/b19-16+. The fourth-order valence-electron chi connectivity index (χ4n) is 2.49. The Kier molecular flexibility index (Phi) is 3.78. The van der Waals surface area contributed by atoms with Gasteiger partial charge in [-0.2, -0.15) is 5.10 Å². The molecule has 0 heterocycles. The fraction of sp³-hybridized carbons (Fsp3) is 0.176. The molecule has 0 unspecified atom stereocenters. The van der Waals surface area contributed by atoms with E-state index < -0.39 is 5.97 Å². The third-order valence-electron chi connectivity index (χ3n) is 3.71. The van der Waals surface area contributed by atoms with E-state index in [2.05, 4.69) is 16.6 Å². The van der Waals surface area contributed by atoms with Crippen LogP contribution in [0.2, 0.25) is 0 Å². The summed E-state index contributed by atoms with van der Waals surface area (Å²) in [5, 5.41) is 13.3. The quantitative estimate of drug-likeness (QED) is 0.850. The molecule has 2 N–H and O–H groups in total. The lowest BCUT2D eigenvalue weighted by Crippen LogP contribution is -2.01. The minimum absolute atomic E-state index is 0.258. The van der Waals surface area contributed by atoms with Crippen molar-refractivity contribution >= 4 is 17.4 Å². The summed E-state index contributed by atoms with van der Waals surface area (Å²) in [7, 11) is 1.65. The summed E-state index contributed by atoms with van der Waals surface area (Å²) in [5.41, 5.74) is 7.36. The van der Waals surface area contributed by atoms with Crippen molar-refractivity contribution in [1.82, 2.24) is 0 Å². The fourth-order valence-corrected chi connectivity index (χ4v) is 2.49. The van der Waals surface area contributed by atoms with Crippen LogP contribution in [0.1, 0.15) is 27.9 Å². The van der Waals surface area contributed by atoms with Crippen LogP contribution in [-0.4, -0.2) is 23.9 Å². The van der Waals surface area contributed by atoms with Gasteiger partial charge in [0.2, 0.25) is 0 Å². The normalized spacial score (nSPS) is 14.7. The number of aromatic carboxylic acids is 1. The number of carbonyl (C=O) groups is 1.